The molecule has 16 heavy (non-hydrogen) atoms. The van der Waals surface area contributed by atoms with Gasteiger partial charge < -0.3 is 0 Å². The van der Waals surface area contributed by atoms with E-state index in [0.717, 1.165) is 9.79 Å². The molecule has 0 radical (unpaired) electrons. The summed E-state index contributed by atoms with van der Waals surface area (Å²) in [5, 5.41) is 8.91. The maximum Gasteiger partial charge on any atom is 0.124 e. The third-order valence-electron chi connectivity index (χ3n) is 2.03. The first kappa shape index (κ1) is 10.7. The lowest BCUT2D eigenvalue weighted by atomic mass is 10.2. The van der Waals surface area contributed by atoms with Crippen LogP contribution in [0.15, 0.2) is 58.3 Å². The molecule has 0 bridgehead atoms. The molecule has 0 aliphatic rings. The van der Waals surface area contributed by atoms with Gasteiger partial charge in [0.05, 0.1) is 5.56 Å². The van der Waals surface area contributed by atoms with Crippen molar-refractivity contribution < 1.29 is 4.39 Å². The Morgan fingerprint density at radius 3 is 2.62 bits per heavy atom. The van der Waals surface area contributed by atoms with Gasteiger partial charge in [-0.3, -0.25) is 0 Å². The molecule has 2 rings (SSSR count). The van der Waals surface area contributed by atoms with Crippen molar-refractivity contribution in [3.05, 3.63) is 59.9 Å². The molecule has 0 aliphatic heterocycles. The molecule has 0 unspecified atom stereocenters. The summed E-state index contributed by atoms with van der Waals surface area (Å²) in [5.41, 5.74) is 0.608. The van der Waals surface area contributed by atoms with Crippen molar-refractivity contribution >= 4 is 11.8 Å². The van der Waals surface area contributed by atoms with E-state index in [9.17, 15) is 4.39 Å². The van der Waals surface area contributed by atoms with Crippen LogP contribution in [0.4, 0.5) is 4.39 Å². The molecule has 1 nitrogen and oxygen atoms in total. The molecule has 0 spiro atoms. The molecular formula is C13H8FNS. The minimum atomic E-state index is -0.264. The molecule has 0 saturated carbocycles. The number of halogens is 1. The van der Waals surface area contributed by atoms with Crippen LogP contribution in [0.2, 0.25) is 0 Å². The van der Waals surface area contributed by atoms with E-state index in [-0.39, 0.29) is 5.82 Å². The number of nitrogens with zero attached hydrogens (tertiary/aromatic N) is 1. The van der Waals surface area contributed by atoms with Gasteiger partial charge >= 0.3 is 0 Å². The first-order chi connectivity index (χ1) is 7.79. The van der Waals surface area contributed by atoms with Gasteiger partial charge in [-0.25, -0.2) is 4.39 Å². The lowest BCUT2D eigenvalue weighted by Crippen LogP contribution is -1.81. The first-order valence-electron chi connectivity index (χ1n) is 4.72. The van der Waals surface area contributed by atoms with Crippen molar-refractivity contribution in [2.24, 2.45) is 0 Å². The predicted octanol–water partition coefficient (Wildman–Crippen LogP) is 3.85. The zero-order valence-electron chi connectivity index (χ0n) is 8.35. The normalized spacial score (nSPS) is 9.75. The number of hydrogen-bond acceptors (Lipinski definition) is 2. The monoisotopic (exact) mass is 229 g/mol. The highest BCUT2D eigenvalue weighted by Crippen LogP contribution is 2.30. The van der Waals surface area contributed by atoms with Crippen LogP contribution >= 0.6 is 11.8 Å². The second-order valence-corrected chi connectivity index (χ2v) is 4.28. The molecular weight excluding hydrogens is 221 g/mol. The maximum absolute atomic E-state index is 13.0. The number of rotatable bonds is 2. The van der Waals surface area contributed by atoms with Crippen LogP contribution < -0.4 is 0 Å². The van der Waals surface area contributed by atoms with Crippen LogP contribution in [-0.2, 0) is 0 Å². The lowest BCUT2D eigenvalue weighted by Gasteiger charge is -2.03. The van der Waals surface area contributed by atoms with Crippen molar-refractivity contribution in [3.8, 4) is 6.07 Å². The summed E-state index contributed by atoms with van der Waals surface area (Å²) in [6.45, 7) is 0. The Balaban J connectivity index is 2.31. The van der Waals surface area contributed by atoms with E-state index < -0.39 is 0 Å². The lowest BCUT2D eigenvalue weighted by molar-refractivity contribution is 0.624. The molecule has 2 aromatic rings. The van der Waals surface area contributed by atoms with E-state index in [1.807, 2.05) is 24.3 Å². The smallest absolute Gasteiger partial charge is 0.124 e. The van der Waals surface area contributed by atoms with Crippen LogP contribution in [-0.4, -0.2) is 0 Å². The molecule has 0 heterocycles. The molecule has 0 saturated heterocycles. The molecule has 0 atom stereocenters. The summed E-state index contributed by atoms with van der Waals surface area (Å²) in [7, 11) is 0. The van der Waals surface area contributed by atoms with Crippen LogP contribution in [0.3, 0.4) is 0 Å². The van der Waals surface area contributed by atoms with Crippen LogP contribution in [0.5, 0.6) is 0 Å². The minimum Gasteiger partial charge on any atom is -0.207 e. The SMILES string of the molecule is N#Cc1ccccc1Sc1cccc(F)c1. The average Bonchev–Trinajstić information content (AvgIpc) is 2.30. The van der Waals surface area contributed by atoms with Gasteiger partial charge in [0.1, 0.15) is 11.9 Å². The molecule has 0 N–H and O–H groups in total. The Hall–Kier alpha value is -1.79. The van der Waals surface area contributed by atoms with Crippen molar-refractivity contribution in [1.82, 2.24) is 0 Å². The van der Waals surface area contributed by atoms with Crippen molar-refractivity contribution in [2.75, 3.05) is 0 Å². The van der Waals surface area contributed by atoms with Gasteiger partial charge in [0, 0.05) is 9.79 Å². The highest BCUT2D eigenvalue weighted by Gasteiger charge is 2.03. The van der Waals surface area contributed by atoms with Gasteiger partial charge in [-0.15, -0.1) is 0 Å². The molecule has 0 fully saturated rings. The molecule has 2 aromatic carbocycles. The highest BCUT2D eigenvalue weighted by atomic mass is 32.2. The summed E-state index contributed by atoms with van der Waals surface area (Å²) < 4.78 is 13.0. The van der Waals surface area contributed by atoms with E-state index >= 15 is 0 Å². The highest BCUT2D eigenvalue weighted by molar-refractivity contribution is 7.99. The summed E-state index contributed by atoms with van der Waals surface area (Å²) in [4.78, 5) is 1.64. The predicted molar refractivity (Wildman–Crippen MR) is 61.7 cm³/mol. The van der Waals surface area contributed by atoms with Gasteiger partial charge in [0.2, 0.25) is 0 Å². The zero-order chi connectivity index (χ0) is 11.4. The van der Waals surface area contributed by atoms with Crippen LogP contribution in [0, 0.1) is 17.1 Å². The second-order valence-electron chi connectivity index (χ2n) is 3.17. The zero-order valence-corrected chi connectivity index (χ0v) is 9.17. The quantitative estimate of drug-likeness (QED) is 0.781. The van der Waals surface area contributed by atoms with Gasteiger partial charge in [-0.2, -0.15) is 5.26 Å². The number of benzene rings is 2. The van der Waals surface area contributed by atoms with Gasteiger partial charge in [-0.05, 0) is 30.3 Å². The van der Waals surface area contributed by atoms with Crippen LogP contribution in [0.1, 0.15) is 5.56 Å². The second kappa shape index (κ2) is 4.82. The van der Waals surface area contributed by atoms with E-state index in [4.69, 9.17) is 5.26 Å². The van der Waals surface area contributed by atoms with E-state index in [0.29, 0.717) is 5.56 Å². The van der Waals surface area contributed by atoms with Crippen molar-refractivity contribution in [2.45, 2.75) is 9.79 Å². The van der Waals surface area contributed by atoms with Gasteiger partial charge in [0.25, 0.3) is 0 Å². The van der Waals surface area contributed by atoms with Crippen molar-refractivity contribution in [1.29, 1.82) is 5.26 Å². The van der Waals surface area contributed by atoms with Gasteiger partial charge in [-0.1, -0.05) is 30.0 Å². The number of hydrogen-bond donors (Lipinski definition) is 0. The fourth-order valence-corrected chi connectivity index (χ4v) is 2.25. The van der Waals surface area contributed by atoms with Crippen LogP contribution in [0.25, 0.3) is 0 Å². The van der Waals surface area contributed by atoms with Gasteiger partial charge in [0.15, 0.2) is 0 Å². The molecule has 0 amide bonds. The molecule has 0 aromatic heterocycles. The fraction of sp³-hybridized carbons (Fsp3) is 0. The van der Waals surface area contributed by atoms with Crippen molar-refractivity contribution in [3.63, 3.8) is 0 Å². The maximum atomic E-state index is 13.0. The largest absolute Gasteiger partial charge is 0.207 e. The molecule has 78 valence electrons. The average molecular weight is 229 g/mol. The van der Waals surface area contributed by atoms with E-state index in [1.54, 1.807) is 12.1 Å². The minimum absolute atomic E-state index is 0.264. The summed E-state index contributed by atoms with van der Waals surface area (Å²) >= 11 is 1.39. The Labute approximate surface area is 97.5 Å². The summed E-state index contributed by atoms with van der Waals surface area (Å²) in [6.07, 6.45) is 0. The molecule has 3 heteroatoms. The first-order valence-corrected chi connectivity index (χ1v) is 5.54. The Morgan fingerprint density at radius 2 is 1.88 bits per heavy atom. The third kappa shape index (κ3) is 2.41. The van der Waals surface area contributed by atoms with E-state index in [2.05, 4.69) is 6.07 Å². The van der Waals surface area contributed by atoms with E-state index in [1.165, 1.54) is 23.9 Å². The summed E-state index contributed by atoms with van der Waals surface area (Å²) in [6, 6.07) is 15.7. The fourth-order valence-electron chi connectivity index (χ4n) is 1.31. The Kier molecular flexibility index (Phi) is 3.23. The number of nitriles is 1. The Bertz CT molecular complexity index is 546. The topological polar surface area (TPSA) is 23.8 Å². The summed E-state index contributed by atoms with van der Waals surface area (Å²) in [5.74, 6) is -0.264. The Morgan fingerprint density at radius 1 is 1.06 bits per heavy atom. The molecule has 0 aliphatic carbocycles. The standard InChI is InChI=1S/C13H8FNS/c14-11-5-3-6-12(8-11)16-13-7-2-1-4-10(13)9-15/h1-8H. The third-order valence-corrected chi connectivity index (χ3v) is 3.10.